The normalized spacial score (nSPS) is 18.3. The number of pyridine rings is 1. The first-order chi connectivity index (χ1) is 10.6. The molecule has 1 aliphatic rings. The van der Waals surface area contributed by atoms with Crippen molar-refractivity contribution in [3.8, 4) is 11.1 Å². The predicted octanol–water partition coefficient (Wildman–Crippen LogP) is 3.61. The van der Waals surface area contributed by atoms with Crippen molar-refractivity contribution in [1.82, 2.24) is 9.88 Å². The van der Waals surface area contributed by atoms with Crippen LogP contribution in [0.4, 0.5) is 4.39 Å². The monoisotopic (exact) mass is 298 g/mol. The molecule has 0 spiro atoms. The number of hydrogen-bond donors (Lipinski definition) is 0. The van der Waals surface area contributed by atoms with Crippen LogP contribution in [0.25, 0.3) is 11.1 Å². The zero-order valence-corrected chi connectivity index (χ0v) is 12.6. The van der Waals surface area contributed by atoms with Crippen LogP contribution in [0.1, 0.15) is 31.4 Å². The number of likely N-dealkylation sites (tertiary alicyclic amines) is 1. The minimum atomic E-state index is -0.236. The maximum absolute atomic E-state index is 13.0. The summed E-state index contributed by atoms with van der Waals surface area (Å²) in [5, 5.41) is 0. The molecule has 1 unspecified atom stereocenters. The Morgan fingerprint density at radius 3 is 2.55 bits per heavy atom. The fourth-order valence-electron chi connectivity index (χ4n) is 2.96. The highest BCUT2D eigenvalue weighted by Crippen LogP contribution is 2.27. The summed E-state index contributed by atoms with van der Waals surface area (Å²) in [6, 6.07) is 10.5. The van der Waals surface area contributed by atoms with Crippen LogP contribution in [-0.2, 0) is 4.79 Å². The van der Waals surface area contributed by atoms with Crippen LogP contribution in [0, 0.1) is 5.82 Å². The number of amides is 1. The van der Waals surface area contributed by atoms with Crippen LogP contribution >= 0.6 is 0 Å². The molecule has 3 rings (SSSR count). The molecule has 1 atom stereocenters. The second-order valence-corrected chi connectivity index (χ2v) is 5.78. The molecule has 2 aromatic rings. The predicted molar refractivity (Wildman–Crippen MR) is 83.9 cm³/mol. The van der Waals surface area contributed by atoms with Gasteiger partial charge in [-0.3, -0.25) is 9.78 Å². The van der Waals surface area contributed by atoms with Gasteiger partial charge in [0.05, 0.1) is 0 Å². The summed E-state index contributed by atoms with van der Waals surface area (Å²) in [6.07, 6.45) is 3.91. The van der Waals surface area contributed by atoms with E-state index < -0.39 is 0 Å². The van der Waals surface area contributed by atoms with Crippen molar-refractivity contribution in [2.75, 3.05) is 13.1 Å². The van der Waals surface area contributed by atoms with E-state index in [1.807, 2.05) is 23.2 Å². The highest BCUT2D eigenvalue weighted by atomic mass is 19.1. The van der Waals surface area contributed by atoms with E-state index in [-0.39, 0.29) is 11.7 Å². The van der Waals surface area contributed by atoms with Gasteiger partial charge in [0, 0.05) is 43.4 Å². The third-order valence-electron chi connectivity index (χ3n) is 4.25. The zero-order valence-electron chi connectivity index (χ0n) is 12.6. The Morgan fingerprint density at radius 2 is 1.91 bits per heavy atom. The van der Waals surface area contributed by atoms with Crippen molar-refractivity contribution in [1.29, 1.82) is 0 Å². The highest BCUT2D eigenvalue weighted by molar-refractivity contribution is 5.73. The van der Waals surface area contributed by atoms with E-state index in [0.29, 0.717) is 5.92 Å². The summed E-state index contributed by atoms with van der Waals surface area (Å²) in [7, 11) is 0. The second kappa shape index (κ2) is 6.26. The molecule has 4 heteroatoms. The zero-order chi connectivity index (χ0) is 15.5. The van der Waals surface area contributed by atoms with Gasteiger partial charge in [-0.05, 0) is 36.6 Å². The molecule has 0 bridgehead atoms. The topological polar surface area (TPSA) is 33.2 Å². The van der Waals surface area contributed by atoms with Crippen LogP contribution in [0.2, 0.25) is 0 Å². The maximum Gasteiger partial charge on any atom is 0.219 e. The molecule has 1 fully saturated rings. The summed E-state index contributed by atoms with van der Waals surface area (Å²) in [6.45, 7) is 3.21. The molecule has 22 heavy (non-hydrogen) atoms. The van der Waals surface area contributed by atoms with E-state index in [4.69, 9.17) is 0 Å². The number of hydrogen-bond acceptors (Lipinski definition) is 2. The van der Waals surface area contributed by atoms with Gasteiger partial charge in [0.1, 0.15) is 5.82 Å². The first-order valence-corrected chi connectivity index (χ1v) is 7.61. The minimum Gasteiger partial charge on any atom is -0.342 e. The summed E-state index contributed by atoms with van der Waals surface area (Å²) in [5.41, 5.74) is 2.95. The summed E-state index contributed by atoms with van der Waals surface area (Å²) < 4.78 is 13.0. The van der Waals surface area contributed by atoms with Gasteiger partial charge in [0.25, 0.3) is 0 Å². The fraction of sp³-hybridized carbons (Fsp3) is 0.333. The Hall–Kier alpha value is -2.23. The molecule has 1 aliphatic heterocycles. The Kier molecular flexibility index (Phi) is 4.18. The Morgan fingerprint density at radius 1 is 1.18 bits per heavy atom. The average molecular weight is 298 g/mol. The van der Waals surface area contributed by atoms with Crippen molar-refractivity contribution in [3.05, 3.63) is 54.1 Å². The van der Waals surface area contributed by atoms with Crippen molar-refractivity contribution in [2.24, 2.45) is 0 Å². The molecule has 0 saturated carbocycles. The third-order valence-corrected chi connectivity index (χ3v) is 4.25. The van der Waals surface area contributed by atoms with Gasteiger partial charge in [0.15, 0.2) is 0 Å². The number of piperidine rings is 1. The van der Waals surface area contributed by atoms with Gasteiger partial charge < -0.3 is 4.90 Å². The molecular formula is C18H19FN2O. The number of halogens is 1. The molecular weight excluding hydrogens is 279 g/mol. The van der Waals surface area contributed by atoms with Gasteiger partial charge >= 0.3 is 0 Å². The van der Waals surface area contributed by atoms with Gasteiger partial charge in [-0.2, -0.15) is 0 Å². The fourth-order valence-corrected chi connectivity index (χ4v) is 2.96. The first-order valence-electron chi connectivity index (χ1n) is 7.61. The molecule has 3 nitrogen and oxygen atoms in total. The SMILES string of the molecule is CC(=O)N1CCCC(c2ccc(-c3ccc(F)cc3)cn2)C1. The molecule has 0 radical (unpaired) electrons. The third kappa shape index (κ3) is 3.16. The van der Waals surface area contributed by atoms with Gasteiger partial charge in [-0.1, -0.05) is 18.2 Å². The molecule has 1 aromatic carbocycles. The van der Waals surface area contributed by atoms with Gasteiger partial charge in [-0.25, -0.2) is 4.39 Å². The largest absolute Gasteiger partial charge is 0.342 e. The van der Waals surface area contributed by atoms with Crippen molar-refractivity contribution in [3.63, 3.8) is 0 Å². The number of carbonyl (C=O) groups excluding carboxylic acids is 1. The molecule has 0 aliphatic carbocycles. The van der Waals surface area contributed by atoms with Crippen LogP contribution < -0.4 is 0 Å². The lowest BCUT2D eigenvalue weighted by Crippen LogP contribution is -2.37. The molecule has 0 N–H and O–H groups in total. The highest BCUT2D eigenvalue weighted by Gasteiger charge is 2.23. The summed E-state index contributed by atoms with van der Waals surface area (Å²) in [5.74, 6) is 0.201. The van der Waals surface area contributed by atoms with Gasteiger partial charge in [-0.15, -0.1) is 0 Å². The smallest absolute Gasteiger partial charge is 0.219 e. The van der Waals surface area contributed by atoms with E-state index in [0.717, 1.165) is 42.8 Å². The first kappa shape index (κ1) is 14.7. The molecule has 1 amide bonds. The van der Waals surface area contributed by atoms with Crippen molar-refractivity contribution >= 4 is 5.91 Å². The maximum atomic E-state index is 13.0. The van der Waals surface area contributed by atoms with E-state index in [1.165, 1.54) is 12.1 Å². The van der Waals surface area contributed by atoms with E-state index >= 15 is 0 Å². The van der Waals surface area contributed by atoms with Crippen LogP contribution in [0.5, 0.6) is 0 Å². The van der Waals surface area contributed by atoms with Gasteiger partial charge in [0.2, 0.25) is 5.91 Å². The lowest BCUT2D eigenvalue weighted by molar-refractivity contribution is -0.130. The molecule has 2 heterocycles. The van der Waals surface area contributed by atoms with Crippen LogP contribution in [0.3, 0.4) is 0 Å². The number of carbonyl (C=O) groups is 1. The lowest BCUT2D eigenvalue weighted by Gasteiger charge is -2.31. The Labute approximate surface area is 129 Å². The van der Waals surface area contributed by atoms with E-state index in [2.05, 4.69) is 4.98 Å². The molecule has 1 saturated heterocycles. The second-order valence-electron chi connectivity index (χ2n) is 5.78. The standard InChI is InChI=1S/C18H19FN2O/c1-13(22)21-10-2-3-16(12-21)18-9-6-15(11-20-18)14-4-7-17(19)8-5-14/h4-9,11,16H,2-3,10,12H2,1H3. The lowest BCUT2D eigenvalue weighted by atomic mass is 9.93. The number of nitrogens with zero attached hydrogens (tertiary/aromatic N) is 2. The van der Waals surface area contributed by atoms with Crippen molar-refractivity contribution in [2.45, 2.75) is 25.7 Å². The number of benzene rings is 1. The molecule has 1 aromatic heterocycles. The van der Waals surface area contributed by atoms with Crippen LogP contribution in [-0.4, -0.2) is 28.9 Å². The quantitative estimate of drug-likeness (QED) is 0.848. The number of rotatable bonds is 2. The Bertz CT molecular complexity index is 652. The number of aromatic nitrogens is 1. The molecule has 114 valence electrons. The average Bonchev–Trinajstić information content (AvgIpc) is 2.56. The van der Waals surface area contributed by atoms with Crippen LogP contribution in [0.15, 0.2) is 42.6 Å². The minimum absolute atomic E-state index is 0.132. The van der Waals surface area contributed by atoms with E-state index in [1.54, 1.807) is 19.1 Å². The van der Waals surface area contributed by atoms with Crippen molar-refractivity contribution < 1.29 is 9.18 Å². The summed E-state index contributed by atoms with van der Waals surface area (Å²) in [4.78, 5) is 18.0. The Balaban J connectivity index is 1.76. The van der Waals surface area contributed by atoms with E-state index in [9.17, 15) is 9.18 Å². The summed E-state index contributed by atoms with van der Waals surface area (Å²) >= 11 is 0.